The molecule has 4 heteroatoms. The minimum Gasteiger partial charge on any atom is -0.478 e. The Morgan fingerprint density at radius 3 is 2.83 bits per heavy atom. The molecule has 1 N–H and O–H groups in total. The van der Waals surface area contributed by atoms with Crippen molar-refractivity contribution in [3.05, 3.63) is 47.7 Å². The van der Waals surface area contributed by atoms with Gasteiger partial charge in [0.25, 0.3) is 0 Å². The maximum atomic E-state index is 5.33. The van der Waals surface area contributed by atoms with Crippen LogP contribution in [0.4, 0.5) is 5.95 Å². The Hall–Kier alpha value is -2.10. The number of benzene rings is 1. The second-order valence-corrected chi connectivity index (χ2v) is 3.93. The molecule has 18 heavy (non-hydrogen) atoms. The minimum atomic E-state index is 0.587. The van der Waals surface area contributed by atoms with Gasteiger partial charge in [0, 0.05) is 18.8 Å². The smallest absolute Gasteiger partial charge is 0.226 e. The minimum absolute atomic E-state index is 0.587. The summed E-state index contributed by atoms with van der Waals surface area (Å²) >= 11 is 0. The number of hydrogen-bond acceptors (Lipinski definition) is 4. The number of ether oxygens (including phenoxy) is 1. The molecule has 0 amide bonds. The lowest BCUT2D eigenvalue weighted by atomic mass is 10.1. The van der Waals surface area contributed by atoms with Crippen LogP contribution in [0.5, 0.6) is 5.88 Å². The lowest BCUT2D eigenvalue weighted by Crippen LogP contribution is -2.05. The second-order valence-electron chi connectivity index (χ2n) is 3.93. The van der Waals surface area contributed by atoms with Crippen LogP contribution >= 0.6 is 0 Å². The van der Waals surface area contributed by atoms with Gasteiger partial charge in [-0.15, -0.1) is 0 Å². The molecule has 2 aromatic rings. The van der Waals surface area contributed by atoms with Crippen molar-refractivity contribution in [1.29, 1.82) is 0 Å². The van der Waals surface area contributed by atoms with Crippen LogP contribution in [0.25, 0.3) is 0 Å². The van der Waals surface area contributed by atoms with Crippen LogP contribution in [0, 0.1) is 6.92 Å². The third kappa shape index (κ3) is 3.20. The zero-order valence-corrected chi connectivity index (χ0v) is 10.7. The molecule has 0 radical (unpaired) electrons. The number of anilines is 1. The lowest BCUT2D eigenvalue weighted by Gasteiger charge is -2.08. The molecule has 94 valence electrons. The van der Waals surface area contributed by atoms with E-state index in [1.54, 1.807) is 12.3 Å². The number of nitrogens with zero attached hydrogens (tertiary/aromatic N) is 2. The summed E-state index contributed by atoms with van der Waals surface area (Å²) in [5.41, 5.74) is 2.49. The molecular formula is C14H17N3O. The summed E-state index contributed by atoms with van der Waals surface area (Å²) in [6.07, 6.45) is 1.69. The third-order valence-electron chi connectivity index (χ3n) is 2.62. The first-order valence-corrected chi connectivity index (χ1v) is 6.04. The van der Waals surface area contributed by atoms with Crippen LogP contribution in [0.3, 0.4) is 0 Å². The average molecular weight is 243 g/mol. The molecule has 0 spiro atoms. The van der Waals surface area contributed by atoms with E-state index in [2.05, 4.69) is 34.3 Å². The van der Waals surface area contributed by atoms with E-state index >= 15 is 0 Å². The molecule has 0 fully saturated rings. The highest BCUT2D eigenvalue weighted by Crippen LogP contribution is 2.11. The molecule has 0 unspecified atom stereocenters. The second kappa shape index (κ2) is 6.00. The molecule has 1 aromatic carbocycles. The fourth-order valence-corrected chi connectivity index (χ4v) is 1.64. The molecule has 0 aliphatic carbocycles. The van der Waals surface area contributed by atoms with Gasteiger partial charge in [-0.1, -0.05) is 24.3 Å². The summed E-state index contributed by atoms with van der Waals surface area (Å²) in [7, 11) is 0. The van der Waals surface area contributed by atoms with Crippen molar-refractivity contribution in [2.75, 3.05) is 11.9 Å². The molecule has 0 atom stereocenters. The van der Waals surface area contributed by atoms with E-state index in [1.165, 1.54) is 11.1 Å². The van der Waals surface area contributed by atoms with E-state index in [4.69, 9.17) is 4.74 Å². The summed E-state index contributed by atoms with van der Waals surface area (Å²) in [6.45, 7) is 5.34. The van der Waals surface area contributed by atoms with Crippen molar-refractivity contribution in [3.63, 3.8) is 0 Å². The highest BCUT2D eigenvalue weighted by atomic mass is 16.5. The van der Waals surface area contributed by atoms with Gasteiger partial charge in [-0.25, -0.2) is 4.98 Å². The Morgan fingerprint density at radius 1 is 1.22 bits per heavy atom. The fraction of sp³-hybridized carbons (Fsp3) is 0.286. The van der Waals surface area contributed by atoms with Gasteiger partial charge in [-0.3, -0.25) is 0 Å². The molecule has 2 rings (SSSR count). The van der Waals surface area contributed by atoms with E-state index in [-0.39, 0.29) is 0 Å². The van der Waals surface area contributed by atoms with Crippen LogP contribution in [0.2, 0.25) is 0 Å². The number of hydrogen-bond donors (Lipinski definition) is 1. The van der Waals surface area contributed by atoms with Crippen molar-refractivity contribution >= 4 is 5.95 Å². The van der Waals surface area contributed by atoms with Crippen LogP contribution < -0.4 is 10.1 Å². The lowest BCUT2D eigenvalue weighted by molar-refractivity contribution is 0.326. The SMILES string of the molecule is CCOc1ccnc(NCc2ccccc2C)n1. The van der Waals surface area contributed by atoms with Crippen LogP contribution in [-0.4, -0.2) is 16.6 Å². The van der Waals surface area contributed by atoms with Crippen molar-refractivity contribution in [2.24, 2.45) is 0 Å². The van der Waals surface area contributed by atoms with E-state index in [0.29, 0.717) is 25.0 Å². The van der Waals surface area contributed by atoms with E-state index in [1.807, 2.05) is 19.1 Å². The normalized spacial score (nSPS) is 10.1. The van der Waals surface area contributed by atoms with Gasteiger partial charge in [-0.2, -0.15) is 4.98 Å². The summed E-state index contributed by atoms with van der Waals surface area (Å²) in [5.74, 6) is 1.18. The molecule has 0 bridgehead atoms. The quantitative estimate of drug-likeness (QED) is 0.877. The fourth-order valence-electron chi connectivity index (χ4n) is 1.64. The Balaban J connectivity index is 2.02. The van der Waals surface area contributed by atoms with Crippen molar-refractivity contribution < 1.29 is 4.74 Å². The van der Waals surface area contributed by atoms with Gasteiger partial charge in [0.15, 0.2) is 0 Å². The maximum absolute atomic E-state index is 5.33. The Kier molecular flexibility index (Phi) is 4.12. The maximum Gasteiger partial charge on any atom is 0.226 e. The number of aryl methyl sites for hydroxylation is 1. The van der Waals surface area contributed by atoms with E-state index < -0.39 is 0 Å². The monoisotopic (exact) mass is 243 g/mol. The predicted molar refractivity (Wildman–Crippen MR) is 71.7 cm³/mol. The van der Waals surface area contributed by atoms with E-state index in [0.717, 1.165) is 0 Å². The third-order valence-corrected chi connectivity index (χ3v) is 2.62. The zero-order valence-electron chi connectivity index (χ0n) is 10.7. The van der Waals surface area contributed by atoms with Gasteiger partial charge < -0.3 is 10.1 Å². The number of nitrogens with one attached hydrogen (secondary N) is 1. The molecule has 4 nitrogen and oxygen atoms in total. The Bertz CT molecular complexity index is 514. The highest BCUT2D eigenvalue weighted by molar-refractivity contribution is 5.32. The standard InChI is InChI=1S/C14H17N3O/c1-3-18-13-8-9-15-14(17-13)16-10-12-7-5-4-6-11(12)2/h4-9H,3,10H2,1-2H3,(H,15,16,17). The molecule has 0 aliphatic heterocycles. The van der Waals surface area contributed by atoms with Crippen LogP contribution in [-0.2, 0) is 6.54 Å². The Morgan fingerprint density at radius 2 is 2.06 bits per heavy atom. The largest absolute Gasteiger partial charge is 0.478 e. The number of aromatic nitrogens is 2. The van der Waals surface area contributed by atoms with Gasteiger partial charge in [0.1, 0.15) is 0 Å². The summed E-state index contributed by atoms with van der Waals surface area (Å²) in [4.78, 5) is 8.43. The zero-order chi connectivity index (χ0) is 12.8. The van der Waals surface area contributed by atoms with Gasteiger partial charge in [0.2, 0.25) is 11.8 Å². The number of rotatable bonds is 5. The van der Waals surface area contributed by atoms with Crippen LogP contribution in [0.1, 0.15) is 18.1 Å². The first-order valence-electron chi connectivity index (χ1n) is 6.04. The Labute approximate surface area is 107 Å². The molecule has 1 heterocycles. The summed E-state index contributed by atoms with van der Waals surface area (Å²) in [5, 5.41) is 3.20. The highest BCUT2D eigenvalue weighted by Gasteiger charge is 2.01. The first-order chi connectivity index (χ1) is 8.79. The first kappa shape index (κ1) is 12.4. The summed E-state index contributed by atoms with van der Waals surface area (Å²) in [6, 6.07) is 10.00. The van der Waals surface area contributed by atoms with Crippen LogP contribution in [0.15, 0.2) is 36.5 Å². The molecule has 1 aromatic heterocycles. The molecule has 0 saturated carbocycles. The van der Waals surface area contributed by atoms with E-state index in [9.17, 15) is 0 Å². The van der Waals surface area contributed by atoms with Gasteiger partial charge >= 0.3 is 0 Å². The predicted octanol–water partition coefficient (Wildman–Crippen LogP) is 2.80. The molecule has 0 aliphatic rings. The molecule has 0 saturated heterocycles. The summed E-state index contributed by atoms with van der Waals surface area (Å²) < 4.78 is 5.33. The van der Waals surface area contributed by atoms with Crippen molar-refractivity contribution in [3.8, 4) is 5.88 Å². The van der Waals surface area contributed by atoms with Gasteiger partial charge in [0.05, 0.1) is 6.61 Å². The van der Waals surface area contributed by atoms with Crippen molar-refractivity contribution in [2.45, 2.75) is 20.4 Å². The van der Waals surface area contributed by atoms with Gasteiger partial charge in [-0.05, 0) is 25.0 Å². The van der Waals surface area contributed by atoms with Crippen molar-refractivity contribution in [1.82, 2.24) is 9.97 Å². The average Bonchev–Trinajstić information content (AvgIpc) is 2.39. The topological polar surface area (TPSA) is 47.0 Å². The molecular weight excluding hydrogens is 226 g/mol.